The fraction of sp³-hybridized carbons (Fsp3) is 0.909. The molecular weight excluding hydrogens is 224 g/mol. The largest absolute Gasteiger partial charge is 0.396 e. The molecule has 1 rings (SSSR count). The number of carbonyl (C=O) groups is 1. The minimum Gasteiger partial charge on any atom is -0.396 e. The number of hydrogen-bond acceptors (Lipinski definition) is 5. The SMILES string of the molecule is COCC(CCO)NC(=O)C1CC(OC)CN1. The van der Waals surface area contributed by atoms with Gasteiger partial charge in [0.2, 0.25) is 5.91 Å². The van der Waals surface area contributed by atoms with Crippen molar-refractivity contribution in [2.24, 2.45) is 0 Å². The molecule has 0 radical (unpaired) electrons. The Balaban J connectivity index is 2.36. The summed E-state index contributed by atoms with van der Waals surface area (Å²) in [7, 11) is 3.22. The van der Waals surface area contributed by atoms with Gasteiger partial charge in [-0.15, -0.1) is 0 Å². The van der Waals surface area contributed by atoms with Gasteiger partial charge in [0.15, 0.2) is 0 Å². The zero-order valence-electron chi connectivity index (χ0n) is 10.4. The molecule has 6 nitrogen and oxygen atoms in total. The Labute approximate surface area is 102 Å². The number of carbonyl (C=O) groups excluding carboxylic acids is 1. The van der Waals surface area contributed by atoms with E-state index in [1.165, 1.54) is 0 Å². The quantitative estimate of drug-likeness (QED) is 0.530. The van der Waals surface area contributed by atoms with Crippen molar-refractivity contribution in [1.82, 2.24) is 10.6 Å². The maximum absolute atomic E-state index is 11.9. The van der Waals surface area contributed by atoms with E-state index in [0.29, 0.717) is 26.0 Å². The molecule has 3 atom stereocenters. The van der Waals surface area contributed by atoms with Crippen LogP contribution in [0.25, 0.3) is 0 Å². The maximum atomic E-state index is 11.9. The lowest BCUT2D eigenvalue weighted by molar-refractivity contribution is -0.124. The van der Waals surface area contributed by atoms with Gasteiger partial charge in [-0.2, -0.15) is 0 Å². The summed E-state index contributed by atoms with van der Waals surface area (Å²) in [4.78, 5) is 11.9. The predicted octanol–water partition coefficient (Wildman–Crippen LogP) is -1.12. The Morgan fingerprint density at radius 3 is 2.88 bits per heavy atom. The van der Waals surface area contributed by atoms with Crippen LogP contribution in [0.4, 0.5) is 0 Å². The van der Waals surface area contributed by atoms with Crippen molar-refractivity contribution >= 4 is 5.91 Å². The van der Waals surface area contributed by atoms with Crippen molar-refractivity contribution in [2.75, 3.05) is 34.0 Å². The second-order valence-electron chi connectivity index (χ2n) is 4.23. The van der Waals surface area contributed by atoms with Gasteiger partial charge in [0.25, 0.3) is 0 Å². The minimum atomic E-state index is -0.210. The fourth-order valence-electron chi connectivity index (χ4n) is 1.94. The standard InChI is InChI=1S/C11H22N2O4/c1-16-7-8(3-4-14)13-11(15)10-5-9(17-2)6-12-10/h8-10,12,14H,3-7H2,1-2H3,(H,13,15). The first-order valence-electron chi connectivity index (χ1n) is 5.87. The van der Waals surface area contributed by atoms with Crippen LogP contribution in [0, 0.1) is 0 Å². The highest BCUT2D eigenvalue weighted by Gasteiger charge is 2.30. The second-order valence-corrected chi connectivity index (χ2v) is 4.23. The van der Waals surface area contributed by atoms with Crippen LogP contribution in [0.5, 0.6) is 0 Å². The summed E-state index contributed by atoms with van der Waals surface area (Å²) in [6.45, 7) is 1.14. The highest BCUT2D eigenvalue weighted by atomic mass is 16.5. The maximum Gasteiger partial charge on any atom is 0.237 e. The summed E-state index contributed by atoms with van der Waals surface area (Å²) >= 11 is 0. The van der Waals surface area contributed by atoms with E-state index in [9.17, 15) is 4.79 Å². The summed E-state index contributed by atoms with van der Waals surface area (Å²) in [5.74, 6) is -0.0555. The Morgan fingerprint density at radius 2 is 2.35 bits per heavy atom. The zero-order chi connectivity index (χ0) is 12.7. The highest BCUT2D eigenvalue weighted by molar-refractivity contribution is 5.82. The lowest BCUT2D eigenvalue weighted by Gasteiger charge is -2.19. The molecule has 1 aliphatic rings. The number of nitrogens with one attached hydrogen (secondary N) is 2. The van der Waals surface area contributed by atoms with Gasteiger partial charge >= 0.3 is 0 Å². The number of aliphatic hydroxyl groups is 1. The fourth-order valence-corrected chi connectivity index (χ4v) is 1.94. The van der Waals surface area contributed by atoms with Gasteiger partial charge in [0, 0.05) is 27.4 Å². The average molecular weight is 246 g/mol. The van der Waals surface area contributed by atoms with Crippen LogP contribution >= 0.6 is 0 Å². The number of amides is 1. The van der Waals surface area contributed by atoms with Crippen LogP contribution in [-0.2, 0) is 14.3 Å². The van der Waals surface area contributed by atoms with E-state index < -0.39 is 0 Å². The van der Waals surface area contributed by atoms with E-state index in [4.69, 9.17) is 14.6 Å². The van der Waals surface area contributed by atoms with Crippen molar-refractivity contribution < 1.29 is 19.4 Å². The van der Waals surface area contributed by atoms with Crippen LogP contribution in [0.3, 0.4) is 0 Å². The van der Waals surface area contributed by atoms with E-state index in [2.05, 4.69) is 10.6 Å². The molecule has 6 heteroatoms. The third kappa shape index (κ3) is 4.59. The molecule has 1 aliphatic heterocycles. The first kappa shape index (κ1) is 14.4. The summed E-state index contributed by atoms with van der Waals surface area (Å²) < 4.78 is 10.2. The number of ether oxygens (including phenoxy) is 2. The second kappa shape index (κ2) is 7.60. The average Bonchev–Trinajstić information content (AvgIpc) is 2.78. The van der Waals surface area contributed by atoms with Crippen LogP contribution in [0.2, 0.25) is 0 Å². The molecule has 17 heavy (non-hydrogen) atoms. The first-order chi connectivity index (χ1) is 8.21. The molecule has 3 N–H and O–H groups in total. The molecule has 0 aliphatic carbocycles. The van der Waals surface area contributed by atoms with Gasteiger partial charge in [0.1, 0.15) is 0 Å². The van der Waals surface area contributed by atoms with Crippen LogP contribution < -0.4 is 10.6 Å². The Bertz CT molecular complexity index is 232. The summed E-state index contributed by atoms with van der Waals surface area (Å²) in [5, 5.41) is 14.8. The Kier molecular flexibility index (Phi) is 6.43. The van der Waals surface area contributed by atoms with Gasteiger partial charge in [-0.1, -0.05) is 0 Å². The van der Waals surface area contributed by atoms with Crippen LogP contribution in [0.15, 0.2) is 0 Å². The zero-order valence-corrected chi connectivity index (χ0v) is 10.4. The molecule has 0 saturated carbocycles. The van der Waals surface area contributed by atoms with E-state index in [0.717, 1.165) is 0 Å². The van der Waals surface area contributed by atoms with E-state index >= 15 is 0 Å². The molecule has 1 amide bonds. The smallest absolute Gasteiger partial charge is 0.237 e. The molecule has 0 bridgehead atoms. The minimum absolute atomic E-state index is 0.0348. The van der Waals surface area contributed by atoms with Gasteiger partial charge < -0.3 is 25.2 Å². The third-order valence-corrected chi connectivity index (χ3v) is 2.93. The van der Waals surface area contributed by atoms with Gasteiger partial charge in [-0.25, -0.2) is 0 Å². The monoisotopic (exact) mass is 246 g/mol. The van der Waals surface area contributed by atoms with Crippen molar-refractivity contribution in [3.05, 3.63) is 0 Å². The molecule has 0 aromatic carbocycles. The van der Waals surface area contributed by atoms with Crippen molar-refractivity contribution in [3.63, 3.8) is 0 Å². The highest BCUT2D eigenvalue weighted by Crippen LogP contribution is 2.09. The number of rotatable bonds is 7. The van der Waals surface area contributed by atoms with E-state index in [1.54, 1.807) is 14.2 Å². The molecule has 1 heterocycles. The summed E-state index contributed by atoms with van der Waals surface area (Å²) in [6, 6.07) is -0.348. The van der Waals surface area contributed by atoms with E-state index in [1.807, 2.05) is 0 Å². The Hall–Kier alpha value is -0.690. The lowest BCUT2D eigenvalue weighted by atomic mass is 10.1. The van der Waals surface area contributed by atoms with Crippen molar-refractivity contribution in [2.45, 2.75) is 31.0 Å². The van der Waals surface area contributed by atoms with Gasteiger partial charge in [-0.3, -0.25) is 4.79 Å². The van der Waals surface area contributed by atoms with Gasteiger partial charge in [0.05, 0.1) is 24.8 Å². The number of hydrogen-bond donors (Lipinski definition) is 3. The molecule has 100 valence electrons. The summed E-state index contributed by atoms with van der Waals surface area (Å²) in [5.41, 5.74) is 0. The molecule has 1 saturated heterocycles. The Morgan fingerprint density at radius 1 is 1.59 bits per heavy atom. The van der Waals surface area contributed by atoms with Crippen molar-refractivity contribution in [3.8, 4) is 0 Å². The predicted molar refractivity (Wildman–Crippen MR) is 62.7 cm³/mol. The normalized spacial score (nSPS) is 25.8. The number of methoxy groups -OCH3 is 2. The molecule has 0 aromatic heterocycles. The topological polar surface area (TPSA) is 79.8 Å². The lowest BCUT2D eigenvalue weighted by Crippen LogP contribution is -2.47. The van der Waals surface area contributed by atoms with Crippen LogP contribution in [-0.4, -0.2) is 63.2 Å². The van der Waals surface area contributed by atoms with Gasteiger partial charge in [-0.05, 0) is 12.8 Å². The molecule has 3 unspecified atom stereocenters. The number of aliphatic hydroxyl groups excluding tert-OH is 1. The van der Waals surface area contributed by atoms with Crippen LogP contribution in [0.1, 0.15) is 12.8 Å². The molecular formula is C11H22N2O4. The van der Waals surface area contributed by atoms with E-state index in [-0.39, 0.29) is 30.7 Å². The third-order valence-electron chi connectivity index (χ3n) is 2.93. The molecule has 0 spiro atoms. The molecule has 0 aromatic rings. The summed E-state index contributed by atoms with van der Waals surface area (Å²) in [6.07, 6.45) is 1.28. The first-order valence-corrected chi connectivity index (χ1v) is 5.87. The van der Waals surface area contributed by atoms with Crippen molar-refractivity contribution in [1.29, 1.82) is 0 Å². The molecule has 1 fully saturated rings.